The summed E-state index contributed by atoms with van der Waals surface area (Å²) in [6.07, 6.45) is 5.33. The number of anilines is 1. The quantitative estimate of drug-likeness (QED) is 0.797. The Morgan fingerprint density at radius 2 is 1.96 bits per heavy atom. The highest BCUT2D eigenvalue weighted by Gasteiger charge is 2.40. The van der Waals surface area contributed by atoms with Gasteiger partial charge in [0.15, 0.2) is 5.79 Å². The number of urea groups is 1. The number of amides is 2. The van der Waals surface area contributed by atoms with Crippen molar-refractivity contribution >= 4 is 22.6 Å². The fraction of sp³-hybridized carbons (Fsp3) is 0.471. The Hall–Kier alpha value is -2.05. The molecule has 1 aliphatic carbocycles. The second-order valence-electron chi connectivity index (χ2n) is 6.26. The Labute approximate surface area is 134 Å². The minimum absolute atomic E-state index is 0.158. The lowest BCUT2D eigenvalue weighted by molar-refractivity contribution is -0.179. The Morgan fingerprint density at radius 3 is 2.74 bits per heavy atom. The van der Waals surface area contributed by atoms with E-state index < -0.39 is 0 Å². The third-order valence-corrected chi connectivity index (χ3v) is 4.71. The topological polar surface area (TPSA) is 75.4 Å². The molecular weight excluding hydrogens is 294 g/mol. The molecule has 6 nitrogen and oxygen atoms in total. The van der Waals surface area contributed by atoms with E-state index in [1.807, 2.05) is 30.5 Å². The van der Waals surface area contributed by atoms with Crippen LogP contribution in [0.15, 0.2) is 30.5 Å². The standard InChI is InChI=1S/C17H21N3O3/c21-16(20-14-1-2-15-12(11-14)5-8-18-15)19-13-3-6-17(7-4-13)22-9-10-23-17/h1-2,5,8,11,13,18H,3-4,6-7,9-10H2,(H2,19,20,21). The maximum absolute atomic E-state index is 12.2. The third kappa shape index (κ3) is 3.04. The van der Waals surface area contributed by atoms with Gasteiger partial charge in [-0.25, -0.2) is 4.79 Å². The van der Waals surface area contributed by atoms with Crippen molar-refractivity contribution in [3.63, 3.8) is 0 Å². The minimum Gasteiger partial charge on any atom is -0.361 e. The number of benzene rings is 1. The van der Waals surface area contributed by atoms with Crippen molar-refractivity contribution in [1.29, 1.82) is 0 Å². The van der Waals surface area contributed by atoms with E-state index in [2.05, 4.69) is 15.6 Å². The molecule has 1 aromatic carbocycles. The van der Waals surface area contributed by atoms with Gasteiger partial charge in [0.1, 0.15) is 0 Å². The molecule has 1 aromatic heterocycles. The Bertz CT molecular complexity index is 696. The monoisotopic (exact) mass is 315 g/mol. The normalized spacial score (nSPS) is 20.9. The van der Waals surface area contributed by atoms with Gasteiger partial charge in [-0.2, -0.15) is 0 Å². The SMILES string of the molecule is O=C(Nc1ccc2[nH]ccc2c1)NC1CCC2(CC1)OCCO2. The molecule has 23 heavy (non-hydrogen) atoms. The van der Waals surface area contributed by atoms with Crippen molar-refractivity contribution < 1.29 is 14.3 Å². The second kappa shape index (κ2) is 5.86. The number of H-pyrrole nitrogens is 1. The fourth-order valence-electron chi connectivity index (χ4n) is 3.47. The molecule has 4 rings (SSSR count). The van der Waals surface area contributed by atoms with Crippen molar-refractivity contribution in [2.45, 2.75) is 37.5 Å². The van der Waals surface area contributed by atoms with Gasteiger partial charge < -0.3 is 25.1 Å². The number of hydrogen-bond donors (Lipinski definition) is 3. The number of nitrogens with one attached hydrogen (secondary N) is 3. The van der Waals surface area contributed by atoms with Crippen LogP contribution in [0.5, 0.6) is 0 Å². The van der Waals surface area contributed by atoms with Crippen LogP contribution in [-0.4, -0.2) is 36.1 Å². The van der Waals surface area contributed by atoms with Gasteiger partial charge in [0, 0.05) is 41.7 Å². The number of rotatable bonds is 2. The molecule has 2 fully saturated rings. The van der Waals surface area contributed by atoms with Crippen molar-refractivity contribution in [2.24, 2.45) is 0 Å². The molecule has 122 valence electrons. The van der Waals surface area contributed by atoms with Gasteiger partial charge in [-0.05, 0) is 37.1 Å². The summed E-state index contributed by atoms with van der Waals surface area (Å²) >= 11 is 0. The van der Waals surface area contributed by atoms with Gasteiger partial charge in [-0.3, -0.25) is 0 Å². The lowest BCUT2D eigenvalue weighted by Crippen LogP contribution is -2.45. The first-order valence-corrected chi connectivity index (χ1v) is 8.15. The highest BCUT2D eigenvalue weighted by atomic mass is 16.7. The maximum atomic E-state index is 12.2. The van der Waals surface area contributed by atoms with Crippen LogP contribution in [0.25, 0.3) is 10.9 Å². The van der Waals surface area contributed by atoms with Crippen LogP contribution in [0.2, 0.25) is 0 Å². The number of aromatic nitrogens is 1. The minimum atomic E-state index is -0.381. The van der Waals surface area contributed by atoms with Crippen LogP contribution in [0.1, 0.15) is 25.7 Å². The number of ether oxygens (including phenoxy) is 2. The van der Waals surface area contributed by atoms with E-state index in [9.17, 15) is 4.79 Å². The summed E-state index contributed by atoms with van der Waals surface area (Å²) in [7, 11) is 0. The van der Waals surface area contributed by atoms with Crippen LogP contribution in [-0.2, 0) is 9.47 Å². The largest absolute Gasteiger partial charge is 0.361 e. The van der Waals surface area contributed by atoms with E-state index in [-0.39, 0.29) is 17.9 Å². The van der Waals surface area contributed by atoms with E-state index in [0.29, 0.717) is 13.2 Å². The molecule has 3 N–H and O–H groups in total. The molecule has 1 saturated heterocycles. The van der Waals surface area contributed by atoms with Crippen molar-refractivity contribution in [3.8, 4) is 0 Å². The summed E-state index contributed by atoms with van der Waals surface area (Å²) in [5.74, 6) is -0.381. The number of carbonyl (C=O) groups excluding carboxylic acids is 1. The van der Waals surface area contributed by atoms with E-state index in [1.54, 1.807) is 0 Å². The summed E-state index contributed by atoms with van der Waals surface area (Å²) in [6, 6.07) is 7.82. The first-order valence-electron chi connectivity index (χ1n) is 8.15. The van der Waals surface area contributed by atoms with Gasteiger partial charge in [-0.1, -0.05) is 0 Å². The molecule has 6 heteroatoms. The molecule has 0 bridgehead atoms. The Kier molecular flexibility index (Phi) is 3.71. The summed E-state index contributed by atoms with van der Waals surface area (Å²) in [6.45, 7) is 1.36. The van der Waals surface area contributed by atoms with E-state index in [0.717, 1.165) is 42.3 Å². The van der Waals surface area contributed by atoms with Crippen molar-refractivity contribution in [2.75, 3.05) is 18.5 Å². The average Bonchev–Trinajstić information content (AvgIpc) is 3.19. The van der Waals surface area contributed by atoms with Crippen LogP contribution in [0.3, 0.4) is 0 Å². The van der Waals surface area contributed by atoms with Crippen LogP contribution >= 0.6 is 0 Å². The summed E-state index contributed by atoms with van der Waals surface area (Å²) < 4.78 is 11.4. The fourth-order valence-corrected chi connectivity index (χ4v) is 3.47. The molecule has 1 aliphatic heterocycles. The molecule has 2 heterocycles. The van der Waals surface area contributed by atoms with E-state index >= 15 is 0 Å². The van der Waals surface area contributed by atoms with Gasteiger partial charge in [0.25, 0.3) is 0 Å². The molecule has 2 amide bonds. The predicted molar refractivity (Wildman–Crippen MR) is 87.3 cm³/mol. The zero-order valence-corrected chi connectivity index (χ0v) is 12.9. The van der Waals surface area contributed by atoms with Crippen molar-refractivity contribution in [1.82, 2.24) is 10.3 Å². The Balaban J connectivity index is 1.31. The molecule has 0 atom stereocenters. The van der Waals surface area contributed by atoms with E-state index in [1.165, 1.54) is 0 Å². The Morgan fingerprint density at radius 1 is 1.17 bits per heavy atom. The highest BCUT2D eigenvalue weighted by Crippen LogP contribution is 2.35. The number of fused-ring (bicyclic) bond motifs is 1. The smallest absolute Gasteiger partial charge is 0.319 e. The van der Waals surface area contributed by atoms with Crippen LogP contribution < -0.4 is 10.6 Å². The summed E-state index contributed by atoms with van der Waals surface area (Å²) in [5.41, 5.74) is 1.86. The molecule has 2 aliphatic rings. The van der Waals surface area contributed by atoms with E-state index in [4.69, 9.17) is 9.47 Å². The first kappa shape index (κ1) is 14.5. The second-order valence-corrected chi connectivity index (χ2v) is 6.26. The first-order chi connectivity index (χ1) is 11.2. The lowest BCUT2D eigenvalue weighted by atomic mass is 9.90. The van der Waals surface area contributed by atoms with Gasteiger partial charge in [-0.15, -0.1) is 0 Å². The molecule has 1 saturated carbocycles. The van der Waals surface area contributed by atoms with Crippen LogP contribution in [0, 0.1) is 0 Å². The maximum Gasteiger partial charge on any atom is 0.319 e. The van der Waals surface area contributed by atoms with Crippen LogP contribution in [0.4, 0.5) is 10.5 Å². The molecule has 0 unspecified atom stereocenters. The predicted octanol–water partition coefficient (Wildman–Crippen LogP) is 2.98. The zero-order chi connectivity index (χ0) is 15.7. The molecule has 2 aromatic rings. The van der Waals surface area contributed by atoms with Gasteiger partial charge in [0.05, 0.1) is 13.2 Å². The summed E-state index contributed by atoms with van der Waals surface area (Å²) in [5, 5.41) is 7.03. The molecule has 1 spiro atoms. The number of carbonyl (C=O) groups is 1. The molecule has 0 radical (unpaired) electrons. The number of hydrogen-bond acceptors (Lipinski definition) is 3. The molecular formula is C17H21N3O3. The lowest BCUT2D eigenvalue weighted by Gasteiger charge is -2.35. The van der Waals surface area contributed by atoms with Crippen molar-refractivity contribution in [3.05, 3.63) is 30.5 Å². The third-order valence-electron chi connectivity index (χ3n) is 4.71. The van der Waals surface area contributed by atoms with Gasteiger partial charge >= 0.3 is 6.03 Å². The average molecular weight is 315 g/mol. The highest BCUT2D eigenvalue weighted by molar-refractivity contribution is 5.92. The zero-order valence-electron chi connectivity index (χ0n) is 12.9. The number of aromatic amines is 1. The van der Waals surface area contributed by atoms with Gasteiger partial charge in [0.2, 0.25) is 0 Å². The summed E-state index contributed by atoms with van der Waals surface area (Å²) in [4.78, 5) is 15.3.